The number of aromatic hydroxyl groups is 2. The van der Waals surface area contributed by atoms with Gasteiger partial charge in [-0.3, -0.25) is 4.57 Å². The Morgan fingerprint density at radius 2 is 1.84 bits per heavy atom. The van der Waals surface area contributed by atoms with Crippen molar-refractivity contribution in [3.05, 3.63) is 51.8 Å². The number of aryl methyl sites for hydroxylation is 2. The normalized spacial score (nSPS) is 13.0. The number of fused-ring (bicyclic) bond motifs is 3. The van der Waals surface area contributed by atoms with Crippen LogP contribution in [0, 0.1) is 0 Å². The van der Waals surface area contributed by atoms with Crippen molar-refractivity contribution in [3.8, 4) is 28.6 Å². The molecule has 0 saturated carbocycles. The van der Waals surface area contributed by atoms with Crippen LogP contribution in [0.4, 0.5) is 0 Å². The van der Waals surface area contributed by atoms with Crippen molar-refractivity contribution in [2.45, 2.75) is 32.6 Å². The maximum absolute atomic E-state index is 10.4. The van der Waals surface area contributed by atoms with E-state index in [4.69, 9.17) is 0 Å². The highest BCUT2D eigenvalue weighted by molar-refractivity contribution is 9.10. The molecule has 0 atom stereocenters. The van der Waals surface area contributed by atoms with E-state index in [-0.39, 0.29) is 17.4 Å². The van der Waals surface area contributed by atoms with Gasteiger partial charge in [-0.2, -0.15) is 0 Å². The first-order valence-electron chi connectivity index (χ1n) is 8.25. The predicted molar refractivity (Wildman–Crippen MR) is 99.3 cm³/mol. The molecule has 128 valence electrons. The second-order valence-electron chi connectivity index (χ2n) is 6.63. The summed E-state index contributed by atoms with van der Waals surface area (Å²) in [5, 5.41) is 29.2. The molecule has 1 aliphatic rings. The number of benzene rings is 2. The fourth-order valence-electron chi connectivity index (χ4n) is 3.36. The lowest BCUT2D eigenvalue weighted by Gasteiger charge is -2.20. The molecular weight excluding hydrogens is 382 g/mol. The minimum absolute atomic E-state index is 0.00124. The molecule has 0 unspecified atom stereocenters. The minimum atomic E-state index is 0.00124. The van der Waals surface area contributed by atoms with Crippen LogP contribution in [0.25, 0.3) is 17.1 Å². The first-order chi connectivity index (χ1) is 12.0. The molecule has 0 bridgehead atoms. The average molecular weight is 400 g/mol. The van der Waals surface area contributed by atoms with Crippen molar-refractivity contribution in [2.24, 2.45) is 0 Å². The monoisotopic (exact) mass is 399 g/mol. The molecule has 0 saturated heterocycles. The number of phenols is 2. The zero-order valence-corrected chi connectivity index (χ0v) is 15.6. The lowest BCUT2D eigenvalue weighted by atomic mass is 9.98. The number of phenolic OH excluding ortho intramolecular Hbond substituents is 2. The smallest absolute Gasteiger partial charge is 0.172 e. The first kappa shape index (κ1) is 16.1. The van der Waals surface area contributed by atoms with Crippen molar-refractivity contribution >= 4 is 15.9 Å². The number of halogens is 1. The zero-order chi connectivity index (χ0) is 17.7. The van der Waals surface area contributed by atoms with Gasteiger partial charge < -0.3 is 10.2 Å². The first-order valence-corrected chi connectivity index (χ1v) is 9.04. The molecule has 3 aromatic rings. The Bertz CT molecular complexity index is 979. The van der Waals surface area contributed by atoms with Crippen molar-refractivity contribution in [2.75, 3.05) is 0 Å². The Labute approximate surface area is 154 Å². The number of rotatable bonds is 2. The maximum atomic E-state index is 10.4. The van der Waals surface area contributed by atoms with Gasteiger partial charge in [-0.1, -0.05) is 29.8 Å². The van der Waals surface area contributed by atoms with Crippen LogP contribution in [-0.4, -0.2) is 25.0 Å². The van der Waals surface area contributed by atoms with Crippen LogP contribution in [0.2, 0.25) is 0 Å². The molecule has 4 rings (SSSR count). The topological polar surface area (TPSA) is 71.2 Å². The highest BCUT2D eigenvalue weighted by atomic mass is 79.9. The van der Waals surface area contributed by atoms with Crippen LogP contribution < -0.4 is 0 Å². The maximum Gasteiger partial charge on any atom is 0.172 e. The number of hydrogen-bond acceptors (Lipinski definition) is 4. The van der Waals surface area contributed by atoms with E-state index in [1.54, 1.807) is 6.07 Å². The van der Waals surface area contributed by atoms with Gasteiger partial charge in [0.25, 0.3) is 0 Å². The van der Waals surface area contributed by atoms with Gasteiger partial charge >= 0.3 is 0 Å². The van der Waals surface area contributed by atoms with E-state index in [0.29, 0.717) is 11.4 Å². The molecule has 0 amide bonds. The number of aromatic nitrogens is 3. The average Bonchev–Trinajstić information content (AvgIpc) is 2.98. The summed E-state index contributed by atoms with van der Waals surface area (Å²) in [5.74, 6) is 1.70. The van der Waals surface area contributed by atoms with Crippen molar-refractivity contribution in [1.29, 1.82) is 0 Å². The van der Waals surface area contributed by atoms with Crippen molar-refractivity contribution in [1.82, 2.24) is 14.8 Å². The van der Waals surface area contributed by atoms with Gasteiger partial charge in [-0.15, -0.1) is 10.2 Å². The SMILES string of the molecule is CC(C)c1cc(-c2nnc3n2-c2ccc(Br)cc2CC3)c(O)cc1O. The van der Waals surface area contributed by atoms with E-state index in [1.165, 1.54) is 11.6 Å². The third-order valence-electron chi connectivity index (χ3n) is 4.64. The van der Waals surface area contributed by atoms with E-state index in [9.17, 15) is 10.2 Å². The van der Waals surface area contributed by atoms with Gasteiger partial charge in [0.15, 0.2) is 5.82 Å². The molecule has 0 fully saturated rings. The van der Waals surface area contributed by atoms with E-state index >= 15 is 0 Å². The third-order valence-corrected chi connectivity index (χ3v) is 5.13. The van der Waals surface area contributed by atoms with E-state index in [0.717, 1.165) is 34.4 Å². The predicted octanol–water partition coefficient (Wildman–Crippen LogP) is 4.33. The molecule has 0 spiro atoms. The molecule has 25 heavy (non-hydrogen) atoms. The highest BCUT2D eigenvalue weighted by Gasteiger charge is 2.24. The number of nitrogens with zero attached hydrogens (tertiary/aromatic N) is 3. The van der Waals surface area contributed by atoms with Gasteiger partial charge in [0.1, 0.15) is 17.3 Å². The molecule has 6 heteroatoms. The second kappa shape index (κ2) is 5.88. The van der Waals surface area contributed by atoms with Crippen LogP contribution in [0.3, 0.4) is 0 Å². The Balaban J connectivity index is 1.95. The minimum Gasteiger partial charge on any atom is -0.508 e. The molecule has 5 nitrogen and oxygen atoms in total. The van der Waals surface area contributed by atoms with Gasteiger partial charge in [-0.05, 0) is 47.7 Å². The summed E-state index contributed by atoms with van der Waals surface area (Å²) < 4.78 is 3.04. The molecular formula is C19H18BrN3O2. The fourth-order valence-corrected chi connectivity index (χ4v) is 3.77. The molecule has 1 aliphatic heterocycles. The Hall–Kier alpha value is -2.34. The van der Waals surface area contributed by atoms with Gasteiger partial charge in [0.05, 0.1) is 11.3 Å². The van der Waals surface area contributed by atoms with Gasteiger partial charge in [0, 0.05) is 17.0 Å². The van der Waals surface area contributed by atoms with Crippen LogP contribution in [0.1, 0.15) is 36.7 Å². The summed E-state index contributed by atoms with van der Waals surface area (Å²) in [7, 11) is 0. The van der Waals surface area contributed by atoms with Crippen LogP contribution in [-0.2, 0) is 12.8 Å². The summed E-state index contributed by atoms with van der Waals surface area (Å²) >= 11 is 3.52. The lowest BCUT2D eigenvalue weighted by molar-refractivity contribution is 0.444. The molecule has 1 aromatic heterocycles. The Morgan fingerprint density at radius 1 is 1.04 bits per heavy atom. The van der Waals surface area contributed by atoms with Gasteiger partial charge in [-0.25, -0.2) is 0 Å². The van der Waals surface area contributed by atoms with Crippen LogP contribution in [0.5, 0.6) is 11.5 Å². The summed E-state index contributed by atoms with van der Waals surface area (Å²) in [6.07, 6.45) is 1.71. The molecule has 0 radical (unpaired) electrons. The largest absolute Gasteiger partial charge is 0.508 e. The lowest BCUT2D eigenvalue weighted by Crippen LogP contribution is -2.13. The van der Waals surface area contributed by atoms with Crippen molar-refractivity contribution < 1.29 is 10.2 Å². The Morgan fingerprint density at radius 3 is 2.60 bits per heavy atom. The quantitative estimate of drug-likeness (QED) is 0.672. The van der Waals surface area contributed by atoms with E-state index in [1.807, 2.05) is 30.5 Å². The Kier molecular flexibility index (Phi) is 3.80. The van der Waals surface area contributed by atoms with Crippen molar-refractivity contribution in [3.63, 3.8) is 0 Å². The molecule has 0 aliphatic carbocycles. The van der Waals surface area contributed by atoms with Crippen LogP contribution >= 0.6 is 15.9 Å². The molecule has 2 aromatic carbocycles. The molecule has 2 heterocycles. The summed E-state index contributed by atoms with van der Waals surface area (Å²) in [6, 6.07) is 9.33. The fraction of sp³-hybridized carbons (Fsp3) is 0.263. The van der Waals surface area contributed by atoms with Crippen LogP contribution in [0.15, 0.2) is 34.8 Å². The third kappa shape index (κ3) is 2.61. The highest BCUT2D eigenvalue weighted by Crippen LogP contribution is 2.39. The van der Waals surface area contributed by atoms with E-state index in [2.05, 4.69) is 32.2 Å². The summed E-state index contributed by atoms with van der Waals surface area (Å²) in [5.41, 5.74) is 3.60. The zero-order valence-electron chi connectivity index (χ0n) is 14.0. The molecule has 2 N–H and O–H groups in total. The summed E-state index contributed by atoms with van der Waals surface area (Å²) in [6.45, 7) is 4.00. The standard InChI is InChI=1S/C19H18BrN3O2/c1-10(2)13-8-14(17(25)9-16(13)24)19-22-21-18-6-3-11-7-12(20)4-5-15(11)23(18)19/h4-5,7-10,24-25H,3,6H2,1-2H3. The summed E-state index contributed by atoms with van der Waals surface area (Å²) in [4.78, 5) is 0. The second-order valence-corrected chi connectivity index (χ2v) is 7.55. The number of hydrogen-bond donors (Lipinski definition) is 2. The van der Waals surface area contributed by atoms with Gasteiger partial charge in [0.2, 0.25) is 0 Å². The van der Waals surface area contributed by atoms with E-state index < -0.39 is 0 Å².